The second-order valence-corrected chi connectivity index (χ2v) is 5.38. The zero-order valence-electron chi connectivity index (χ0n) is 7.76. The van der Waals surface area contributed by atoms with E-state index in [0.717, 1.165) is 8.45 Å². The minimum atomic E-state index is -0.0120. The molecule has 0 aromatic carbocycles. The first-order valence-electron chi connectivity index (χ1n) is 4.16. The molecule has 0 atom stereocenters. The van der Waals surface area contributed by atoms with Gasteiger partial charge in [-0.2, -0.15) is 0 Å². The minimum absolute atomic E-state index is 0.0120. The molecule has 0 fully saturated rings. The quantitative estimate of drug-likeness (QED) is 0.518. The Bertz CT molecular complexity index is 375. The number of rotatable bonds is 3. The van der Waals surface area contributed by atoms with Crippen molar-refractivity contribution >= 4 is 39.8 Å². The molecule has 74 valence electrons. The van der Waals surface area contributed by atoms with Crippen LogP contribution in [0.3, 0.4) is 0 Å². The van der Waals surface area contributed by atoms with Gasteiger partial charge in [0.15, 0.2) is 0 Å². The second kappa shape index (κ2) is 6.04. The Kier molecular flexibility index (Phi) is 4.98. The summed E-state index contributed by atoms with van der Waals surface area (Å²) in [7, 11) is 0. The van der Waals surface area contributed by atoms with Crippen LogP contribution >= 0.6 is 33.9 Å². The zero-order valence-corrected chi connectivity index (χ0v) is 10.7. The van der Waals surface area contributed by atoms with E-state index < -0.39 is 0 Å². The van der Waals surface area contributed by atoms with Crippen LogP contribution in [0.15, 0.2) is 11.4 Å². The van der Waals surface area contributed by atoms with E-state index in [9.17, 15) is 4.79 Å². The van der Waals surface area contributed by atoms with Crippen molar-refractivity contribution in [3.8, 4) is 11.8 Å². The fraction of sp³-hybridized carbons (Fsp3) is 0.300. The molecule has 0 aliphatic rings. The molecule has 1 aromatic rings. The van der Waals surface area contributed by atoms with Crippen LogP contribution in [0.1, 0.15) is 23.7 Å². The average molecular weight is 319 g/mol. The first kappa shape index (κ1) is 11.5. The molecule has 0 aliphatic carbocycles. The van der Waals surface area contributed by atoms with E-state index in [4.69, 9.17) is 0 Å². The number of thiophene rings is 1. The van der Waals surface area contributed by atoms with Gasteiger partial charge in [0.2, 0.25) is 0 Å². The molecule has 1 N–H and O–H groups in total. The molecule has 0 radical (unpaired) electrons. The normalized spacial score (nSPS) is 9.00. The first-order valence-corrected chi connectivity index (χ1v) is 6.11. The molecule has 4 heteroatoms. The molecule has 2 nitrogen and oxygen atoms in total. The number of amides is 1. The van der Waals surface area contributed by atoms with Crippen molar-refractivity contribution in [2.24, 2.45) is 0 Å². The van der Waals surface area contributed by atoms with Crippen LogP contribution < -0.4 is 5.32 Å². The Morgan fingerprint density at radius 1 is 1.71 bits per heavy atom. The third-order valence-corrected chi connectivity index (χ3v) is 3.33. The van der Waals surface area contributed by atoms with Crippen LogP contribution in [0.5, 0.6) is 0 Å². The molecule has 1 heterocycles. The van der Waals surface area contributed by atoms with Crippen LogP contribution in [-0.2, 0) is 0 Å². The van der Waals surface area contributed by atoms with Crippen molar-refractivity contribution in [1.29, 1.82) is 0 Å². The molecule has 0 saturated carbocycles. The lowest BCUT2D eigenvalue weighted by Crippen LogP contribution is -2.23. The molecule has 1 aromatic heterocycles. The summed E-state index contributed by atoms with van der Waals surface area (Å²) in [6, 6.07) is 1.88. The van der Waals surface area contributed by atoms with Crippen molar-refractivity contribution in [3.05, 3.63) is 19.9 Å². The third-order valence-electron chi connectivity index (χ3n) is 1.54. The maximum Gasteiger partial charge on any atom is 0.252 e. The Balaban J connectivity index is 2.38. The lowest BCUT2D eigenvalue weighted by molar-refractivity contribution is 0.0955. The van der Waals surface area contributed by atoms with Crippen LogP contribution in [0.2, 0.25) is 0 Å². The summed E-state index contributed by atoms with van der Waals surface area (Å²) < 4.78 is 1.13. The number of hydrogen-bond acceptors (Lipinski definition) is 2. The van der Waals surface area contributed by atoms with Crippen LogP contribution in [0.4, 0.5) is 0 Å². The largest absolute Gasteiger partial charge is 0.351 e. The molecule has 1 amide bonds. The van der Waals surface area contributed by atoms with Gasteiger partial charge in [0, 0.05) is 18.3 Å². The molecule has 1 rings (SSSR count). The SMILES string of the molecule is CC#CCCNC(=O)c1csc(I)c1. The van der Waals surface area contributed by atoms with E-state index >= 15 is 0 Å². The molecule has 14 heavy (non-hydrogen) atoms. The van der Waals surface area contributed by atoms with Crippen molar-refractivity contribution in [1.82, 2.24) is 5.32 Å². The van der Waals surface area contributed by atoms with E-state index in [1.54, 1.807) is 18.3 Å². The van der Waals surface area contributed by atoms with Gasteiger partial charge >= 0.3 is 0 Å². The highest BCUT2D eigenvalue weighted by Gasteiger charge is 2.05. The van der Waals surface area contributed by atoms with E-state index in [1.165, 1.54) is 0 Å². The molecular weight excluding hydrogens is 309 g/mol. The number of nitrogens with one attached hydrogen (secondary N) is 1. The highest BCUT2D eigenvalue weighted by Crippen LogP contribution is 2.16. The Hall–Kier alpha value is -0.540. The van der Waals surface area contributed by atoms with Gasteiger partial charge in [0.1, 0.15) is 0 Å². The number of carbonyl (C=O) groups excluding carboxylic acids is 1. The number of hydrogen-bond donors (Lipinski definition) is 1. The fourth-order valence-corrected chi connectivity index (χ4v) is 2.22. The third kappa shape index (κ3) is 3.68. The summed E-state index contributed by atoms with van der Waals surface area (Å²) in [6.07, 6.45) is 0.712. The first-order chi connectivity index (χ1) is 6.74. The summed E-state index contributed by atoms with van der Waals surface area (Å²) >= 11 is 3.78. The maximum absolute atomic E-state index is 11.5. The van der Waals surface area contributed by atoms with Gasteiger partial charge in [-0.3, -0.25) is 4.79 Å². The summed E-state index contributed by atoms with van der Waals surface area (Å²) in [5.74, 6) is 5.67. The van der Waals surface area contributed by atoms with Crippen molar-refractivity contribution in [2.75, 3.05) is 6.54 Å². The van der Waals surface area contributed by atoms with Gasteiger partial charge < -0.3 is 5.32 Å². The van der Waals surface area contributed by atoms with Gasteiger partial charge in [-0.1, -0.05) is 0 Å². The Morgan fingerprint density at radius 2 is 2.50 bits per heavy atom. The summed E-state index contributed by atoms with van der Waals surface area (Å²) in [5, 5.41) is 4.67. The lowest BCUT2D eigenvalue weighted by atomic mass is 10.3. The molecule has 0 spiro atoms. The van der Waals surface area contributed by atoms with Crippen LogP contribution in [0, 0.1) is 14.7 Å². The highest BCUT2D eigenvalue weighted by molar-refractivity contribution is 14.1. The van der Waals surface area contributed by atoms with E-state index in [1.807, 2.05) is 11.4 Å². The van der Waals surface area contributed by atoms with Crippen molar-refractivity contribution in [3.63, 3.8) is 0 Å². The molecule has 0 unspecified atom stereocenters. The Morgan fingerprint density at radius 3 is 3.07 bits per heavy atom. The monoisotopic (exact) mass is 319 g/mol. The van der Waals surface area contributed by atoms with E-state index in [0.29, 0.717) is 13.0 Å². The standard InChI is InChI=1S/C10H10INOS/c1-2-3-4-5-12-10(13)8-6-9(11)14-7-8/h6-7H,4-5H2,1H3,(H,12,13). The van der Waals surface area contributed by atoms with Crippen molar-refractivity contribution in [2.45, 2.75) is 13.3 Å². The zero-order chi connectivity index (χ0) is 10.4. The average Bonchev–Trinajstić information content (AvgIpc) is 2.59. The van der Waals surface area contributed by atoms with Crippen LogP contribution in [-0.4, -0.2) is 12.5 Å². The topological polar surface area (TPSA) is 29.1 Å². The van der Waals surface area contributed by atoms with Gasteiger partial charge in [0.25, 0.3) is 5.91 Å². The number of halogens is 1. The summed E-state index contributed by atoms with van der Waals surface area (Å²) in [6.45, 7) is 2.41. The Labute approximate surface area is 101 Å². The predicted molar refractivity (Wildman–Crippen MR) is 67.4 cm³/mol. The van der Waals surface area contributed by atoms with Crippen LogP contribution in [0.25, 0.3) is 0 Å². The summed E-state index contributed by atoms with van der Waals surface area (Å²) in [5.41, 5.74) is 0.740. The molecular formula is C10H10INOS. The second-order valence-electron chi connectivity index (χ2n) is 2.57. The van der Waals surface area contributed by atoms with Gasteiger partial charge in [0.05, 0.1) is 8.45 Å². The summed E-state index contributed by atoms with van der Waals surface area (Å²) in [4.78, 5) is 11.5. The highest BCUT2D eigenvalue weighted by atomic mass is 127. The maximum atomic E-state index is 11.5. The molecule has 0 bridgehead atoms. The number of carbonyl (C=O) groups is 1. The van der Waals surface area contributed by atoms with E-state index in [2.05, 4.69) is 39.7 Å². The van der Waals surface area contributed by atoms with E-state index in [-0.39, 0.29) is 5.91 Å². The molecule has 0 saturated heterocycles. The molecule has 0 aliphatic heterocycles. The van der Waals surface area contributed by atoms with Gasteiger partial charge in [-0.15, -0.1) is 23.2 Å². The smallest absolute Gasteiger partial charge is 0.252 e. The lowest BCUT2D eigenvalue weighted by Gasteiger charge is -1.99. The van der Waals surface area contributed by atoms with Gasteiger partial charge in [-0.25, -0.2) is 0 Å². The minimum Gasteiger partial charge on any atom is -0.351 e. The predicted octanol–water partition coefficient (Wildman–Crippen LogP) is 2.50. The van der Waals surface area contributed by atoms with Gasteiger partial charge in [-0.05, 0) is 35.6 Å². The fourth-order valence-electron chi connectivity index (χ4n) is 0.895. The van der Waals surface area contributed by atoms with Crippen molar-refractivity contribution < 1.29 is 4.79 Å².